The third-order valence-electron chi connectivity index (χ3n) is 5.45. The van der Waals surface area contributed by atoms with Crippen molar-refractivity contribution >= 4 is 6.03 Å². The van der Waals surface area contributed by atoms with Crippen LogP contribution in [-0.2, 0) is 6.42 Å². The molecule has 7 nitrogen and oxygen atoms in total. The molecule has 1 saturated carbocycles. The van der Waals surface area contributed by atoms with E-state index in [1.54, 1.807) is 0 Å². The van der Waals surface area contributed by atoms with Gasteiger partial charge in [-0.2, -0.15) is 4.98 Å². The van der Waals surface area contributed by atoms with Crippen molar-refractivity contribution in [3.8, 4) is 0 Å². The fraction of sp³-hybridized carbons (Fsp3) is 0.824. The normalized spacial score (nSPS) is 26.0. The van der Waals surface area contributed by atoms with E-state index in [0.29, 0.717) is 11.8 Å². The number of hydrogen-bond acceptors (Lipinski definition) is 5. The summed E-state index contributed by atoms with van der Waals surface area (Å²) >= 11 is 0. The minimum absolute atomic E-state index is 0.206. The zero-order chi connectivity index (χ0) is 16.5. The van der Waals surface area contributed by atoms with Gasteiger partial charge in [0.15, 0.2) is 5.82 Å². The average Bonchev–Trinajstić information content (AvgIpc) is 3.35. The predicted molar refractivity (Wildman–Crippen MR) is 88.7 cm³/mol. The maximum atomic E-state index is 12.7. The molecule has 7 heteroatoms. The summed E-state index contributed by atoms with van der Waals surface area (Å²) in [6, 6.07) is 0.206. The number of carbonyl (C=O) groups is 1. The van der Waals surface area contributed by atoms with E-state index in [0.717, 1.165) is 70.2 Å². The molecule has 0 bridgehead atoms. The number of carbonyl (C=O) groups excluding carboxylic acids is 1. The van der Waals surface area contributed by atoms with Gasteiger partial charge in [-0.1, -0.05) is 5.16 Å². The minimum atomic E-state index is 0.206. The number of aromatic nitrogens is 2. The molecule has 0 N–H and O–H groups in total. The van der Waals surface area contributed by atoms with Crippen LogP contribution in [0.25, 0.3) is 0 Å². The SMILES string of the molecule is CN1CCN(C(=O)N2CCC[C@@H](Cc3nc(C4CC4)no3)C2)CC1. The van der Waals surface area contributed by atoms with Crippen molar-refractivity contribution in [2.45, 2.75) is 38.0 Å². The topological polar surface area (TPSA) is 65.7 Å². The van der Waals surface area contributed by atoms with Crippen molar-refractivity contribution in [1.82, 2.24) is 24.8 Å². The highest BCUT2D eigenvalue weighted by molar-refractivity contribution is 5.74. The van der Waals surface area contributed by atoms with Crippen molar-refractivity contribution < 1.29 is 9.32 Å². The van der Waals surface area contributed by atoms with E-state index < -0.39 is 0 Å². The molecule has 0 radical (unpaired) electrons. The molecule has 0 spiro atoms. The Morgan fingerprint density at radius 1 is 1.12 bits per heavy atom. The van der Waals surface area contributed by atoms with Gasteiger partial charge in [0.05, 0.1) is 0 Å². The number of likely N-dealkylation sites (tertiary alicyclic amines) is 1. The Kier molecular flexibility index (Phi) is 4.43. The third-order valence-corrected chi connectivity index (χ3v) is 5.45. The highest BCUT2D eigenvalue weighted by Gasteiger charge is 2.31. The first-order valence-electron chi connectivity index (χ1n) is 9.24. The first-order chi connectivity index (χ1) is 11.7. The molecule has 2 amide bonds. The van der Waals surface area contributed by atoms with E-state index in [9.17, 15) is 4.79 Å². The predicted octanol–water partition coefficient (Wildman–Crippen LogP) is 1.57. The Morgan fingerprint density at radius 3 is 2.67 bits per heavy atom. The van der Waals surface area contributed by atoms with Crippen molar-refractivity contribution in [1.29, 1.82) is 0 Å². The van der Waals surface area contributed by atoms with Gasteiger partial charge < -0.3 is 19.2 Å². The van der Waals surface area contributed by atoms with E-state index in [-0.39, 0.29) is 6.03 Å². The molecule has 24 heavy (non-hydrogen) atoms. The van der Waals surface area contributed by atoms with Crippen LogP contribution in [0.4, 0.5) is 4.79 Å². The van der Waals surface area contributed by atoms with E-state index in [1.165, 1.54) is 12.8 Å². The van der Waals surface area contributed by atoms with Crippen LogP contribution >= 0.6 is 0 Å². The molecular formula is C17H27N5O2. The van der Waals surface area contributed by atoms with Crippen LogP contribution in [0.3, 0.4) is 0 Å². The molecule has 3 fully saturated rings. The molecule has 1 aromatic heterocycles. The monoisotopic (exact) mass is 333 g/mol. The van der Waals surface area contributed by atoms with Gasteiger partial charge in [0.2, 0.25) is 5.89 Å². The van der Waals surface area contributed by atoms with E-state index in [1.807, 2.05) is 9.80 Å². The fourth-order valence-electron chi connectivity index (χ4n) is 3.71. The third kappa shape index (κ3) is 3.55. The Morgan fingerprint density at radius 2 is 1.92 bits per heavy atom. The smallest absolute Gasteiger partial charge is 0.320 e. The molecule has 0 unspecified atom stereocenters. The lowest BCUT2D eigenvalue weighted by molar-refractivity contribution is 0.104. The van der Waals surface area contributed by atoms with Crippen molar-refractivity contribution in [3.63, 3.8) is 0 Å². The first kappa shape index (κ1) is 15.9. The highest BCUT2D eigenvalue weighted by atomic mass is 16.5. The molecule has 1 atom stereocenters. The summed E-state index contributed by atoms with van der Waals surface area (Å²) in [4.78, 5) is 23.6. The molecule has 2 aliphatic heterocycles. The summed E-state index contributed by atoms with van der Waals surface area (Å²) < 4.78 is 5.41. The average molecular weight is 333 g/mol. The molecule has 4 rings (SSSR count). The standard InChI is InChI=1S/C17H27N5O2/c1-20-7-9-21(10-8-20)17(23)22-6-2-3-13(12-22)11-15-18-16(19-24-15)14-4-5-14/h13-14H,2-12H2,1H3/t13-/m0/s1. The quantitative estimate of drug-likeness (QED) is 0.840. The zero-order valence-electron chi connectivity index (χ0n) is 14.5. The Labute approximate surface area is 143 Å². The summed E-state index contributed by atoms with van der Waals surface area (Å²) in [5.74, 6) is 2.59. The van der Waals surface area contributed by atoms with Crippen LogP contribution in [0.1, 0.15) is 43.3 Å². The zero-order valence-corrected chi connectivity index (χ0v) is 14.5. The summed E-state index contributed by atoms with van der Waals surface area (Å²) in [7, 11) is 2.11. The molecule has 3 heterocycles. The second-order valence-corrected chi connectivity index (χ2v) is 7.55. The van der Waals surface area contributed by atoms with Gasteiger partial charge in [-0.15, -0.1) is 0 Å². The number of amides is 2. The summed E-state index contributed by atoms with van der Waals surface area (Å²) in [6.07, 6.45) is 5.37. The lowest BCUT2D eigenvalue weighted by Gasteiger charge is -2.39. The van der Waals surface area contributed by atoms with Crippen molar-refractivity contribution in [2.24, 2.45) is 5.92 Å². The lowest BCUT2D eigenvalue weighted by Crippen LogP contribution is -2.53. The molecule has 3 aliphatic rings. The molecule has 1 aromatic rings. The first-order valence-corrected chi connectivity index (χ1v) is 9.24. The largest absolute Gasteiger partial charge is 0.339 e. The Balaban J connectivity index is 1.32. The molecule has 1 aliphatic carbocycles. The van der Waals surface area contributed by atoms with Crippen molar-refractivity contribution in [2.75, 3.05) is 46.3 Å². The van der Waals surface area contributed by atoms with Crippen LogP contribution < -0.4 is 0 Å². The van der Waals surface area contributed by atoms with Crippen LogP contribution in [0, 0.1) is 5.92 Å². The van der Waals surface area contributed by atoms with Gasteiger partial charge in [0.1, 0.15) is 0 Å². The number of urea groups is 1. The van der Waals surface area contributed by atoms with Crippen LogP contribution in [0.2, 0.25) is 0 Å². The number of hydrogen-bond donors (Lipinski definition) is 0. The second kappa shape index (κ2) is 6.70. The number of likely N-dealkylation sites (N-methyl/N-ethyl adjacent to an activating group) is 1. The van der Waals surface area contributed by atoms with Gasteiger partial charge in [-0.3, -0.25) is 0 Å². The minimum Gasteiger partial charge on any atom is -0.339 e. The number of rotatable bonds is 3. The van der Waals surface area contributed by atoms with Gasteiger partial charge >= 0.3 is 6.03 Å². The van der Waals surface area contributed by atoms with E-state index in [4.69, 9.17) is 4.52 Å². The maximum Gasteiger partial charge on any atom is 0.320 e. The molecule has 132 valence electrons. The van der Waals surface area contributed by atoms with Gasteiger partial charge in [0, 0.05) is 51.6 Å². The molecule has 2 saturated heterocycles. The van der Waals surface area contributed by atoms with Crippen LogP contribution in [-0.4, -0.2) is 77.2 Å². The Hall–Kier alpha value is -1.63. The van der Waals surface area contributed by atoms with E-state index >= 15 is 0 Å². The van der Waals surface area contributed by atoms with E-state index in [2.05, 4.69) is 22.1 Å². The number of piperidine rings is 1. The number of piperazine rings is 1. The lowest BCUT2D eigenvalue weighted by atomic mass is 9.95. The fourth-order valence-corrected chi connectivity index (χ4v) is 3.71. The highest BCUT2D eigenvalue weighted by Crippen LogP contribution is 2.38. The van der Waals surface area contributed by atoms with Gasteiger partial charge in [0.25, 0.3) is 0 Å². The summed E-state index contributed by atoms with van der Waals surface area (Å²) in [5, 5.41) is 4.10. The van der Waals surface area contributed by atoms with Crippen molar-refractivity contribution in [3.05, 3.63) is 11.7 Å². The van der Waals surface area contributed by atoms with Gasteiger partial charge in [-0.25, -0.2) is 4.79 Å². The summed E-state index contributed by atoms with van der Waals surface area (Å²) in [6.45, 7) is 5.30. The summed E-state index contributed by atoms with van der Waals surface area (Å²) in [5.41, 5.74) is 0. The van der Waals surface area contributed by atoms with Crippen LogP contribution in [0.15, 0.2) is 4.52 Å². The maximum absolute atomic E-state index is 12.7. The number of nitrogens with zero attached hydrogens (tertiary/aromatic N) is 5. The van der Waals surface area contributed by atoms with Crippen LogP contribution in [0.5, 0.6) is 0 Å². The second-order valence-electron chi connectivity index (χ2n) is 7.55. The molecule has 0 aromatic carbocycles. The molecular weight excluding hydrogens is 306 g/mol. The van der Waals surface area contributed by atoms with Gasteiger partial charge in [-0.05, 0) is 38.6 Å². The Bertz CT molecular complexity index is 577.